The lowest BCUT2D eigenvalue weighted by molar-refractivity contribution is -0.137. The molecule has 0 aromatic heterocycles. The van der Waals surface area contributed by atoms with Crippen LogP contribution in [0.15, 0.2) is 24.3 Å². The van der Waals surface area contributed by atoms with Gasteiger partial charge in [-0.05, 0) is 45.0 Å². The Kier molecular flexibility index (Phi) is 4.77. The van der Waals surface area contributed by atoms with Crippen LogP contribution in [-0.4, -0.2) is 30.2 Å². The van der Waals surface area contributed by atoms with Gasteiger partial charge in [0.2, 0.25) is 0 Å². The van der Waals surface area contributed by atoms with Crippen LogP contribution in [0.25, 0.3) is 0 Å². The first-order valence-electron chi connectivity index (χ1n) is 7.45. The second-order valence-electron chi connectivity index (χ2n) is 6.59. The molecule has 0 aliphatic carbocycles. The topological polar surface area (TPSA) is 58.6 Å². The molecule has 132 valence electrons. The van der Waals surface area contributed by atoms with E-state index in [0.29, 0.717) is 5.69 Å². The van der Waals surface area contributed by atoms with E-state index in [1.165, 1.54) is 17.0 Å². The normalized spacial score (nSPS) is 18.7. The maximum absolute atomic E-state index is 12.6. The SMILES string of the molecule is CC(C)(C)NC(=O)OC1CCN(c2ccc(C(F)(F)F)cc2)C1=O. The van der Waals surface area contributed by atoms with Crippen molar-refractivity contribution in [3.63, 3.8) is 0 Å². The van der Waals surface area contributed by atoms with Crippen LogP contribution in [0.5, 0.6) is 0 Å². The number of carbonyl (C=O) groups excluding carboxylic acids is 2. The van der Waals surface area contributed by atoms with Crippen molar-refractivity contribution in [2.75, 3.05) is 11.4 Å². The van der Waals surface area contributed by atoms with E-state index in [1.54, 1.807) is 20.8 Å². The Morgan fingerprint density at radius 2 is 1.79 bits per heavy atom. The van der Waals surface area contributed by atoms with E-state index in [4.69, 9.17) is 4.74 Å². The lowest BCUT2D eigenvalue weighted by Gasteiger charge is -2.22. The number of hydrogen-bond acceptors (Lipinski definition) is 3. The van der Waals surface area contributed by atoms with Gasteiger partial charge in [0.1, 0.15) is 0 Å². The first-order valence-corrected chi connectivity index (χ1v) is 7.45. The summed E-state index contributed by atoms with van der Waals surface area (Å²) in [5, 5.41) is 2.59. The second-order valence-corrected chi connectivity index (χ2v) is 6.59. The fraction of sp³-hybridized carbons (Fsp3) is 0.500. The van der Waals surface area contributed by atoms with Crippen molar-refractivity contribution in [3.8, 4) is 0 Å². The van der Waals surface area contributed by atoms with Crippen molar-refractivity contribution in [1.29, 1.82) is 0 Å². The standard InChI is InChI=1S/C16H19F3N2O3/c1-15(2,3)20-14(23)24-12-8-9-21(13(12)22)11-6-4-10(5-7-11)16(17,18)19/h4-7,12H,8-9H2,1-3H3,(H,20,23). The smallest absolute Gasteiger partial charge is 0.416 e. The van der Waals surface area contributed by atoms with Crippen LogP contribution in [0, 0.1) is 0 Å². The monoisotopic (exact) mass is 344 g/mol. The number of benzene rings is 1. The van der Waals surface area contributed by atoms with Gasteiger partial charge in [-0.1, -0.05) is 0 Å². The van der Waals surface area contributed by atoms with Crippen molar-refractivity contribution in [2.24, 2.45) is 0 Å². The molecule has 2 amide bonds. The van der Waals surface area contributed by atoms with Gasteiger partial charge in [0.25, 0.3) is 5.91 Å². The molecule has 24 heavy (non-hydrogen) atoms. The van der Waals surface area contributed by atoms with Crippen molar-refractivity contribution in [1.82, 2.24) is 5.32 Å². The zero-order valence-electron chi connectivity index (χ0n) is 13.6. The molecule has 0 spiro atoms. The van der Waals surface area contributed by atoms with Gasteiger partial charge in [-0.3, -0.25) is 4.79 Å². The van der Waals surface area contributed by atoms with Gasteiger partial charge in [-0.2, -0.15) is 13.2 Å². The summed E-state index contributed by atoms with van der Waals surface area (Å²) in [7, 11) is 0. The lowest BCUT2D eigenvalue weighted by atomic mass is 10.1. The molecule has 8 heteroatoms. The van der Waals surface area contributed by atoms with Gasteiger partial charge in [-0.15, -0.1) is 0 Å². The average Bonchev–Trinajstić information content (AvgIpc) is 2.77. The summed E-state index contributed by atoms with van der Waals surface area (Å²) in [6.07, 6.45) is -5.77. The molecule has 1 unspecified atom stereocenters. The highest BCUT2D eigenvalue weighted by atomic mass is 19.4. The Morgan fingerprint density at radius 1 is 1.21 bits per heavy atom. The minimum atomic E-state index is -4.43. The highest BCUT2D eigenvalue weighted by Gasteiger charge is 2.36. The minimum absolute atomic E-state index is 0.275. The van der Waals surface area contributed by atoms with Crippen molar-refractivity contribution >= 4 is 17.7 Å². The van der Waals surface area contributed by atoms with Crippen LogP contribution in [0.2, 0.25) is 0 Å². The van der Waals surface area contributed by atoms with Gasteiger partial charge in [-0.25, -0.2) is 4.79 Å². The third-order valence-electron chi connectivity index (χ3n) is 3.39. The summed E-state index contributed by atoms with van der Waals surface area (Å²) < 4.78 is 42.8. The van der Waals surface area contributed by atoms with E-state index in [9.17, 15) is 22.8 Å². The number of nitrogens with one attached hydrogen (secondary N) is 1. The van der Waals surface area contributed by atoms with Gasteiger partial charge >= 0.3 is 12.3 Å². The summed E-state index contributed by atoms with van der Waals surface area (Å²) in [6, 6.07) is 4.31. The summed E-state index contributed by atoms with van der Waals surface area (Å²) in [4.78, 5) is 25.3. The molecule has 1 aromatic rings. The fourth-order valence-electron chi connectivity index (χ4n) is 2.31. The number of hydrogen-bond donors (Lipinski definition) is 1. The Morgan fingerprint density at radius 3 is 2.29 bits per heavy atom. The minimum Gasteiger partial charge on any atom is -0.436 e. The Labute approximate surface area is 137 Å². The predicted octanol–water partition coefficient (Wildman–Crippen LogP) is 3.34. The van der Waals surface area contributed by atoms with Gasteiger partial charge < -0.3 is 15.0 Å². The molecule has 0 radical (unpaired) electrons. The summed E-state index contributed by atoms with van der Waals surface area (Å²) in [6.45, 7) is 5.61. The molecule has 0 bridgehead atoms. The van der Waals surface area contributed by atoms with E-state index >= 15 is 0 Å². The lowest BCUT2D eigenvalue weighted by Crippen LogP contribution is -2.43. The number of carbonyl (C=O) groups is 2. The first kappa shape index (κ1) is 18.1. The fourth-order valence-corrected chi connectivity index (χ4v) is 2.31. The van der Waals surface area contributed by atoms with Crippen molar-refractivity contribution in [2.45, 2.75) is 45.0 Å². The third kappa shape index (κ3) is 4.39. The number of ether oxygens (including phenoxy) is 1. The maximum atomic E-state index is 12.6. The molecular weight excluding hydrogens is 325 g/mol. The third-order valence-corrected chi connectivity index (χ3v) is 3.39. The van der Waals surface area contributed by atoms with Crippen LogP contribution in [-0.2, 0) is 15.7 Å². The number of alkyl carbamates (subject to hydrolysis) is 1. The summed E-state index contributed by atoms with van der Waals surface area (Å²) in [5.41, 5.74) is -0.933. The highest BCUT2D eigenvalue weighted by Crippen LogP contribution is 2.31. The molecular formula is C16H19F3N2O3. The van der Waals surface area contributed by atoms with Crippen LogP contribution in [0.1, 0.15) is 32.8 Å². The van der Waals surface area contributed by atoms with E-state index in [0.717, 1.165) is 12.1 Å². The Balaban J connectivity index is 2.02. The van der Waals surface area contributed by atoms with Crippen LogP contribution in [0.3, 0.4) is 0 Å². The van der Waals surface area contributed by atoms with E-state index in [2.05, 4.69) is 5.32 Å². The van der Waals surface area contributed by atoms with Crippen LogP contribution in [0.4, 0.5) is 23.7 Å². The van der Waals surface area contributed by atoms with Gasteiger partial charge in [0.15, 0.2) is 6.10 Å². The number of nitrogens with zero attached hydrogens (tertiary/aromatic N) is 1. The number of anilines is 1. The van der Waals surface area contributed by atoms with E-state index in [1.807, 2.05) is 0 Å². The Bertz CT molecular complexity index is 621. The largest absolute Gasteiger partial charge is 0.436 e. The van der Waals surface area contributed by atoms with Gasteiger partial charge in [0.05, 0.1) is 5.56 Å². The number of alkyl halides is 3. The van der Waals surface area contributed by atoms with Crippen LogP contribution < -0.4 is 10.2 Å². The molecule has 1 N–H and O–H groups in total. The Hall–Kier alpha value is -2.25. The van der Waals surface area contributed by atoms with Gasteiger partial charge in [0, 0.05) is 24.2 Å². The van der Waals surface area contributed by atoms with E-state index in [-0.39, 0.29) is 13.0 Å². The molecule has 1 aliphatic rings. The number of amides is 2. The zero-order valence-corrected chi connectivity index (χ0v) is 13.6. The summed E-state index contributed by atoms with van der Waals surface area (Å²) >= 11 is 0. The quantitative estimate of drug-likeness (QED) is 0.895. The number of rotatable bonds is 2. The predicted molar refractivity (Wildman–Crippen MR) is 81.6 cm³/mol. The molecule has 2 rings (SSSR count). The molecule has 1 heterocycles. The average molecular weight is 344 g/mol. The molecule has 1 aromatic carbocycles. The van der Waals surface area contributed by atoms with Crippen molar-refractivity contribution in [3.05, 3.63) is 29.8 Å². The van der Waals surface area contributed by atoms with E-state index < -0.39 is 35.4 Å². The molecule has 1 fully saturated rings. The maximum Gasteiger partial charge on any atom is 0.416 e. The second kappa shape index (κ2) is 6.33. The number of halogens is 3. The molecule has 1 saturated heterocycles. The molecule has 5 nitrogen and oxygen atoms in total. The van der Waals surface area contributed by atoms with Crippen molar-refractivity contribution < 1.29 is 27.5 Å². The molecule has 0 saturated carbocycles. The van der Waals surface area contributed by atoms with Crippen LogP contribution >= 0.6 is 0 Å². The highest BCUT2D eigenvalue weighted by molar-refractivity contribution is 5.99. The summed E-state index contributed by atoms with van der Waals surface area (Å²) in [5.74, 6) is -0.446. The zero-order chi connectivity index (χ0) is 18.1. The molecule has 1 atom stereocenters. The molecule has 1 aliphatic heterocycles. The first-order chi connectivity index (χ1) is 11.0.